The minimum atomic E-state index is -2.95. The van der Waals surface area contributed by atoms with Gasteiger partial charge in [-0.1, -0.05) is 6.08 Å². The molecule has 3 amide bonds. The van der Waals surface area contributed by atoms with Crippen LogP contribution in [0, 0.1) is 5.92 Å². The number of hydrogen-bond acceptors (Lipinski definition) is 12. The second-order valence-electron chi connectivity index (χ2n) is 10.7. The molecule has 2 aromatic rings. The number of nitrogens with one attached hydrogen (secondary N) is 1. The largest absolute Gasteiger partial charge is 0.378 e. The number of nitrogens with zero attached hydrogens (tertiary/aromatic N) is 9. The van der Waals surface area contributed by atoms with E-state index in [0.717, 1.165) is 6.41 Å². The molecule has 2 aliphatic rings. The number of piperidine rings is 1. The Labute approximate surface area is 267 Å². The van der Waals surface area contributed by atoms with E-state index in [1.54, 1.807) is 22.9 Å². The van der Waals surface area contributed by atoms with Crippen LogP contribution in [0.1, 0.15) is 38.3 Å². The number of hydrogen-bond donors (Lipinski definition) is 2. The number of morpholine rings is 1. The molecular weight excluding hydrogens is 604 g/mol. The number of carbonyl (C=O) groups excluding carboxylic acids is 3. The molecular formula is C29H43F2N11O4. The molecule has 0 radical (unpaired) electrons. The fourth-order valence-corrected chi connectivity index (χ4v) is 5.01. The topological polar surface area (TPSA) is 176 Å². The number of halogens is 2. The van der Waals surface area contributed by atoms with Crippen molar-refractivity contribution in [3.63, 3.8) is 0 Å². The van der Waals surface area contributed by atoms with Crippen molar-refractivity contribution in [2.24, 2.45) is 5.92 Å². The first kappa shape index (κ1) is 35.9. The van der Waals surface area contributed by atoms with Crippen LogP contribution in [0.25, 0.3) is 11.4 Å². The summed E-state index contributed by atoms with van der Waals surface area (Å²) in [4.78, 5) is 63.3. The molecule has 2 saturated heterocycles. The molecule has 3 N–H and O–H groups in total. The molecule has 0 saturated carbocycles. The van der Waals surface area contributed by atoms with E-state index in [1.165, 1.54) is 6.20 Å². The summed E-state index contributed by atoms with van der Waals surface area (Å²) in [6, 6.07) is 0. The van der Waals surface area contributed by atoms with Crippen LogP contribution in [0.4, 0.5) is 26.6 Å². The van der Waals surface area contributed by atoms with Gasteiger partial charge < -0.3 is 35.4 Å². The number of amides is 3. The molecule has 4 heterocycles. The molecule has 4 rings (SSSR count). The van der Waals surface area contributed by atoms with Gasteiger partial charge in [-0.3, -0.25) is 14.4 Å². The van der Waals surface area contributed by atoms with Crippen LogP contribution in [0.5, 0.6) is 0 Å². The van der Waals surface area contributed by atoms with E-state index in [2.05, 4.69) is 36.8 Å². The van der Waals surface area contributed by atoms with E-state index >= 15 is 0 Å². The Kier molecular flexibility index (Phi) is 14.4. The highest BCUT2D eigenvalue weighted by molar-refractivity contribution is 5.78. The van der Waals surface area contributed by atoms with E-state index in [9.17, 15) is 23.2 Å². The molecule has 15 nitrogen and oxygen atoms in total. The van der Waals surface area contributed by atoms with Crippen LogP contribution >= 0.6 is 0 Å². The maximum absolute atomic E-state index is 13.9. The number of nitrogens with two attached hydrogens (primary N) is 1. The molecule has 0 atom stereocenters. The monoisotopic (exact) mass is 647 g/mol. The molecule has 0 aliphatic carbocycles. The molecule has 0 bridgehead atoms. The summed E-state index contributed by atoms with van der Waals surface area (Å²) in [6.07, 6.45) is 3.15. The smallest absolute Gasteiger partial charge is 0.281 e. The predicted molar refractivity (Wildman–Crippen MR) is 168 cm³/mol. The van der Waals surface area contributed by atoms with Crippen molar-refractivity contribution in [2.75, 3.05) is 88.2 Å². The Morgan fingerprint density at radius 3 is 2.46 bits per heavy atom. The molecule has 0 aromatic carbocycles. The summed E-state index contributed by atoms with van der Waals surface area (Å²) in [5, 5.41) is 2.63. The lowest BCUT2D eigenvalue weighted by atomic mass is 9.95. The maximum atomic E-state index is 13.9. The molecule has 2 aromatic heterocycles. The van der Waals surface area contributed by atoms with Gasteiger partial charge in [0.05, 0.1) is 18.8 Å². The summed E-state index contributed by atoms with van der Waals surface area (Å²) >= 11 is 0. The number of carbonyl (C=O) groups is 3. The van der Waals surface area contributed by atoms with Crippen molar-refractivity contribution < 1.29 is 27.9 Å². The van der Waals surface area contributed by atoms with E-state index < -0.39 is 12.1 Å². The molecule has 46 heavy (non-hydrogen) atoms. The van der Waals surface area contributed by atoms with Crippen LogP contribution in [0.2, 0.25) is 0 Å². The van der Waals surface area contributed by atoms with Crippen molar-refractivity contribution in [1.29, 1.82) is 0 Å². The highest BCUT2D eigenvalue weighted by Gasteiger charge is 2.27. The first-order chi connectivity index (χ1) is 22.2. The van der Waals surface area contributed by atoms with Gasteiger partial charge >= 0.3 is 0 Å². The van der Waals surface area contributed by atoms with Gasteiger partial charge in [-0.2, -0.15) is 15.0 Å². The van der Waals surface area contributed by atoms with E-state index in [-0.39, 0.29) is 47.6 Å². The standard InChI is InChI=1S/C26H37F2N11O4.C3H6/c1-36(23(42)18-3-8-37(17-41)9-4-18)6-2-7-38(10-5-30-16-40)25-33-22(19-15-31-24(29)32-20(19)21(27)28)34-26(35-25)39-11-13-43-14-12-39;1-3-2/h15-18,21H,2-14H2,1H3,(H,30,40)(H2,29,31,32);3H,1H2,2H3. The SMILES string of the molecule is C=CC.CN(CCCN(CCNC=O)c1nc(-c2cnc(N)nc2C(F)F)nc(N2CCOCC2)n1)C(=O)C1CCN(C=O)CC1. The number of nitrogen functional groups attached to an aromatic ring is 1. The Morgan fingerprint density at radius 1 is 1.13 bits per heavy atom. The number of likely N-dealkylation sites (tertiary alicyclic amines) is 1. The lowest BCUT2D eigenvalue weighted by Gasteiger charge is -2.31. The molecule has 2 fully saturated rings. The third-order valence-electron chi connectivity index (χ3n) is 7.41. The van der Waals surface area contributed by atoms with Gasteiger partial charge in [0, 0.05) is 71.5 Å². The van der Waals surface area contributed by atoms with Crippen LogP contribution in [-0.2, 0) is 19.1 Å². The van der Waals surface area contributed by atoms with E-state index in [1.807, 2.05) is 16.7 Å². The van der Waals surface area contributed by atoms with Crippen molar-refractivity contribution in [1.82, 2.24) is 40.0 Å². The quantitative estimate of drug-likeness (QED) is 0.170. The Morgan fingerprint density at radius 2 is 1.83 bits per heavy atom. The Hall–Kier alpha value is -4.54. The lowest BCUT2D eigenvalue weighted by Crippen LogP contribution is -2.42. The van der Waals surface area contributed by atoms with Crippen LogP contribution in [0.3, 0.4) is 0 Å². The normalized spacial score (nSPS) is 15.1. The zero-order valence-electron chi connectivity index (χ0n) is 26.4. The van der Waals surface area contributed by atoms with Crippen LogP contribution < -0.4 is 20.9 Å². The summed E-state index contributed by atoms with van der Waals surface area (Å²) in [5.41, 5.74) is 4.92. The van der Waals surface area contributed by atoms with Gasteiger partial charge in [-0.25, -0.2) is 18.7 Å². The minimum absolute atomic E-state index is 0.0275. The molecule has 0 unspecified atom stereocenters. The minimum Gasteiger partial charge on any atom is -0.378 e. The van der Waals surface area contributed by atoms with Gasteiger partial charge in [0.15, 0.2) is 5.82 Å². The predicted octanol–water partition coefficient (Wildman–Crippen LogP) is 1.15. The fraction of sp³-hybridized carbons (Fsp3) is 0.586. The summed E-state index contributed by atoms with van der Waals surface area (Å²) < 4.78 is 33.3. The molecule has 252 valence electrons. The van der Waals surface area contributed by atoms with Crippen molar-refractivity contribution >= 4 is 36.6 Å². The average molecular weight is 648 g/mol. The van der Waals surface area contributed by atoms with Crippen molar-refractivity contribution in [3.05, 3.63) is 24.5 Å². The average Bonchev–Trinajstić information content (AvgIpc) is 3.07. The van der Waals surface area contributed by atoms with E-state index in [0.29, 0.717) is 84.7 Å². The number of alkyl halides is 2. The third kappa shape index (κ3) is 10.3. The lowest BCUT2D eigenvalue weighted by molar-refractivity contribution is -0.137. The molecule has 2 aliphatic heterocycles. The van der Waals surface area contributed by atoms with Crippen LogP contribution in [-0.4, -0.2) is 126 Å². The highest BCUT2D eigenvalue weighted by Crippen LogP contribution is 2.30. The first-order valence-electron chi connectivity index (χ1n) is 15.1. The Balaban J connectivity index is 0.00000185. The molecule has 17 heteroatoms. The number of aromatic nitrogens is 5. The number of rotatable bonds is 14. The number of anilines is 3. The second-order valence-corrected chi connectivity index (χ2v) is 10.7. The van der Waals surface area contributed by atoms with Gasteiger partial charge in [0.1, 0.15) is 5.69 Å². The van der Waals surface area contributed by atoms with Crippen LogP contribution in [0.15, 0.2) is 18.9 Å². The van der Waals surface area contributed by atoms with Gasteiger partial charge in [0.25, 0.3) is 6.43 Å². The zero-order valence-corrected chi connectivity index (χ0v) is 26.4. The zero-order chi connectivity index (χ0) is 33.5. The second kappa shape index (κ2) is 18.4. The first-order valence-corrected chi connectivity index (χ1v) is 15.1. The summed E-state index contributed by atoms with van der Waals surface area (Å²) in [7, 11) is 1.75. The third-order valence-corrected chi connectivity index (χ3v) is 7.41. The van der Waals surface area contributed by atoms with Crippen molar-refractivity contribution in [2.45, 2.75) is 32.6 Å². The molecule has 0 spiro atoms. The van der Waals surface area contributed by atoms with Gasteiger partial charge in [0.2, 0.25) is 36.6 Å². The Bertz CT molecular complexity index is 1290. The summed E-state index contributed by atoms with van der Waals surface area (Å²) in [5.74, 6) is 0.0523. The summed E-state index contributed by atoms with van der Waals surface area (Å²) in [6.45, 7) is 9.68. The number of allylic oxidation sites excluding steroid dienone is 1. The highest BCUT2D eigenvalue weighted by atomic mass is 19.3. The number of ether oxygens (including phenoxy) is 1. The van der Waals surface area contributed by atoms with E-state index in [4.69, 9.17) is 10.5 Å². The maximum Gasteiger partial charge on any atom is 0.281 e. The fourth-order valence-electron chi connectivity index (χ4n) is 5.01. The van der Waals surface area contributed by atoms with Gasteiger partial charge in [-0.05, 0) is 26.2 Å². The van der Waals surface area contributed by atoms with Crippen molar-refractivity contribution in [3.8, 4) is 11.4 Å². The van der Waals surface area contributed by atoms with Gasteiger partial charge in [-0.15, -0.1) is 6.58 Å².